The number of fused-ring (bicyclic) bond motifs is 1. The van der Waals surface area contributed by atoms with Gasteiger partial charge >= 0.3 is 6.09 Å². The Morgan fingerprint density at radius 3 is 2.28 bits per heavy atom. The van der Waals surface area contributed by atoms with Crippen molar-refractivity contribution in [2.75, 3.05) is 5.32 Å². The second-order valence-electron chi connectivity index (χ2n) is 9.62. The van der Waals surface area contributed by atoms with Crippen molar-refractivity contribution in [3.05, 3.63) is 108 Å². The summed E-state index contributed by atoms with van der Waals surface area (Å²) in [6.07, 6.45) is 4.36. The third-order valence-corrected chi connectivity index (χ3v) is 8.33. The van der Waals surface area contributed by atoms with Gasteiger partial charge in [-0.2, -0.15) is 0 Å². The standard InChI is InChI=1S/C32H26N2O4S/c1-21(22-5-3-2-4-6-22)38-31(36)34-29-27-15-18-33-19-28(27)39-30(29)25-9-7-23(8-10-25)24-11-13-26(14-12-24)32(16-17-32)37-20-35/h2-15,18-21H,16-17H2,1H3,(H,34,36)/t21-/m1/s1. The number of hydrogen-bond acceptors (Lipinski definition) is 6. The Bertz CT molecular complexity index is 1630. The maximum absolute atomic E-state index is 12.9. The zero-order chi connectivity index (χ0) is 26.8. The Morgan fingerprint density at radius 2 is 1.62 bits per heavy atom. The lowest BCUT2D eigenvalue weighted by Crippen LogP contribution is -2.16. The third kappa shape index (κ3) is 5.01. The molecule has 3 aromatic carbocycles. The van der Waals surface area contributed by atoms with Crippen molar-refractivity contribution >= 4 is 39.7 Å². The molecule has 39 heavy (non-hydrogen) atoms. The van der Waals surface area contributed by atoms with Crippen molar-refractivity contribution in [2.45, 2.75) is 31.5 Å². The van der Waals surface area contributed by atoms with Crippen LogP contribution in [0.25, 0.3) is 31.7 Å². The highest BCUT2D eigenvalue weighted by atomic mass is 32.1. The molecule has 0 bridgehead atoms. The lowest BCUT2D eigenvalue weighted by atomic mass is 9.99. The molecule has 6 nitrogen and oxygen atoms in total. The first-order valence-corrected chi connectivity index (χ1v) is 13.6. The highest BCUT2D eigenvalue weighted by molar-refractivity contribution is 7.23. The lowest BCUT2D eigenvalue weighted by molar-refractivity contribution is -0.136. The summed E-state index contributed by atoms with van der Waals surface area (Å²) in [7, 11) is 0. The van der Waals surface area contributed by atoms with E-state index in [9.17, 15) is 9.59 Å². The van der Waals surface area contributed by atoms with Crippen LogP contribution in [0.15, 0.2) is 97.3 Å². The Kier molecular flexibility index (Phi) is 6.59. The van der Waals surface area contributed by atoms with Gasteiger partial charge in [-0.3, -0.25) is 15.1 Å². The minimum absolute atomic E-state index is 0.383. The van der Waals surface area contributed by atoms with Crippen LogP contribution >= 0.6 is 11.3 Å². The van der Waals surface area contributed by atoms with E-state index in [4.69, 9.17) is 9.47 Å². The van der Waals surface area contributed by atoms with E-state index in [0.29, 0.717) is 12.2 Å². The van der Waals surface area contributed by atoms with E-state index in [1.54, 1.807) is 17.5 Å². The van der Waals surface area contributed by atoms with Crippen LogP contribution in [-0.4, -0.2) is 17.5 Å². The summed E-state index contributed by atoms with van der Waals surface area (Å²) < 4.78 is 12.0. The number of carbonyl (C=O) groups is 2. The van der Waals surface area contributed by atoms with Crippen LogP contribution in [0.5, 0.6) is 0 Å². The Balaban J connectivity index is 1.25. The number of aromatic nitrogens is 1. The van der Waals surface area contributed by atoms with Gasteiger partial charge in [0.2, 0.25) is 0 Å². The highest BCUT2D eigenvalue weighted by Crippen LogP contribution is 2.49. The van der Waals surface area contributed by atoms with Gasteiger partial charge in [0.15, 0.2) is 0 Å². The van der Waals surface area contributed by atoms with Gasteiger partial charge in [0.25, 0.3) is 6.47 Å². The van der Waals surface area contributed by atoms with Crippen molar-refractivity contribution in [3.63, 3.8) is 0 Å². The van der Waals surface area contributed by atoms with E-state index in [2.05, 4.69) is 46.7 Å². The number of anilines is 1. The number of nitrogens with zero attached hydrogens (tertiary/aromatic N) is 1. The van der Waals surface area contributed by atoms with Gasteiger partial charge < -0.3 is 9.47 Å². The monoisotopic (exact) mass is 534 g/mol. The largest absolute Gasteiger partial charge is 0.456 e. The van der Waals surface area contributed by atoms with Gasteiger partial charge in [-0.1, -0.05) is 78.9 Å². The van der Waals surface area contributed by atoms with Crippen LogP contribution in [0.3, 0.4) is 0 Å². The molecule has 1 N–H and O–H groups in total. The number of nitrogens with one attached hydrogen (secondary N) is 1. The fourth-order valence-electron chi connectivity index (χ4n) is 4.82. The molecular weight excluding hydrogens is 508 g/mol. The number of rotatable bonds is 8. The highest BCUT2D eigenvalue weighted by Gasteiger charge is 2.46. The molecule has 0 radical (unpaired) electrons. The summed E-state index contributed by atoms with van der Waals surface area (Å²) in [4.78, 5) is 29.0. The van der Waals surface area contributed by atoms with Crippen LogP contribution in [0, 0.1) is 0 Å². The van der Waals surface area contributed by atoms with Crippen LogP contribution in [0.1, 0.15) is 37.0 Å². The van der Waals surface area contributed by atoms with Crippen LogP contribution < -0.4 is 5.32 Å². The number of carbonyl (C=O) groups excluding carboxylic acids is 2. The molecule has 2 heterocycles. The van der Waals surface area contributed by atoms with Crippen LogP contribution in [0.2, 0.25) is 0 Å². The fourth-order valence-corrected chi connectivity index (χ4v) is 5.95. The molecular formula is C32H26N2O4S. The van der Waals surface area contributed by atoms with Gasteiger partial charge in [0, 0.05) is 17.8 Å². The quantitative estimate of drug-likeness (QED) is 0.204. The summed E-state index contributed by atoms with van der Waals surface area (Å²) in [5.74, 6) is 0. The van der Waals surface area contributed by atoms with Gasteiger partial charge in [-0.05, 0) is 53.6 Å². The zero-order valence-corrected chi connectivity index (χ0v) is 22.1. The molecule has 1 amide bonds. The maximum Gasteiger partial charge on any atom is 0.412 e. The van der Waals surface area contributed by atoms with E-state index in [-0.39, 0.29) is 6.10 Å². The summed E-state index contributed by atoms with van der Waals surface area (Å²) in [6.45, 7) is 2.40. The first kappa shape index (κ1) is 24.8. The molecule has 1 aliphatic rings. The molecule has 6 rings (SSSR count). The average Bonchev–Trinajstić information content (AvgIpc) is 3.68. The van der Waals surface area contributed by atoms with Gasteiger partial charge in [0.1, 0.15) is 11.7 Å². The maximum atomic E-state index is 12.9. The second kappa shape index (κ2) is 10.3. The van der Waals surface area contributed by atoms with E-state index in [1.165, 1.54) is 0 Å². The Morgan fingerprint density at radius 1 is 0.949 bits per heavy atom. The molecule has 1 fully saturated rings. The van der Waals surface area contributed by atoms with Crippen molar-refractivity contribution in [2.24, 2.45) is 0 Å². The van der Waals surface area contributed by atoms with Gasteiger partial charge in [-0.15, -0.1) is 11.3 Å². The molecule has 1 atom stereocenters. The summed E-state index contributed by atoms with van der Waals surface area (Å²) >= 11 is 1.58. The molecule has 2 aromatic heterocycles. The smallest absolute Gasteiger partial charge is 0.412 e. The number of hydrogen-bond donors (Lipinski definition) is 1. The molecule has 194 valence electrons. The van der Waals surface area contributed by atoms with E-state index < -0.39 is 11.7 Å². The Hall–Kier alpha value is -4.49. The van der Waals surface area contributed by atoms with Crippen molar-refractivity contribution in [3.8, 4) is 21.6 Å². The molecule has 5 aromatic rings. The lowest BCUT2D eigenvalue weighted by Gasteiger charge is -2.15. The molecule has 1 aliphatic carbocycles. The summed E-state index contributed by atoms with van der Waals surface area (Å²) in [6, 6.07) is 28.0. The first-order valence-electron chi connectivity index (χ1n) is 12.8. The summed E-state index contributed by atoms with van der Waals surface area (Å²) in [5.41, 5.74) is 5.36. The normalized spacial score (nSPS) is 14.4. The molecule has 0 saturated heterocycles. The van der Waals surface area contributed by atoms with Crippen molar-refractivity contribution in [1.82, 2.24) is 4.98 Å². The minimum atomic E-state index is -0.507. The molecule has 1 saturated carbocycles. The van der Waals surface area contributed by atoms with Crippen molar-refractivity contribution in [1.29, 1.82) is 0 Å². The number of thiophene rings is 1. The van der Waals surface area contributed by atoms with Gasteiger partial charge in [0.05, 0.1) is 15.3 Å². The van der Waals surface area contributed by atoms with Crippen LogP contribution in [-0.2, 0) is 19.9 Å². The number of pyridine rings is 1. The number of ether oxygens (including phenoxy) is 2. The van der Waals surface area contributed by atoms with E-state index >= 15 is 0 Å². The SMILES string of the molecule is C[C@@H](OC(=O)Nc1c(-c2ccc(-c3ccc(C4(OC=O)CC4)cc3)cc2)sc2cnccc12)c1ccccc1. The predicted molar refractivity (Wildman–Crippen MR) is 154 cm³/mol. The topological polar surface area (TPSA) is 77.5 Å². The second-order valence-corrected chi connectivity index (χ2v) is 10.7. The molecule has 7 heteroatoms. The average molecular weight is 535 g/mol. The zero-order valence-electron chi connectivity index (χ0n) is 21.3. The van der Waals surface area contributed by atoms with Crippen LogP contribution in [0.4, 0.5) is 10.5 Å². The third-order valence-electron chi connectivity index (χ3n) is 7.14. The number of benzene rings is 3. The summed E-state index contributed by atoms with van der Waals surface area (Å²) in [5, 5.41) is 3.92. The molecule has 0 aliphatic heterocycles. The minimum Gasteiger partial charge on any atom is -0.456 e. The van der Waals surface area contributed by atoms with E-state index in [1.807, 2.05) is 61.7 Å². The molecule has 0 spiro atoms. The number of amides is 1. The first-order chi connectivity index (χ1) is 19.1. The fraction of sp³-hybridized carbons (Fsp3) is 0.156. The molecule has 0 unspecified atom stereocenters. The van der Waals surface area contributed by atoms with Crippen molar-refractivity contribution < 1.29 is 19.1 Å². The Labute approximate surface area is 230 Å². The van der Waals surface area contributed by atoms with E-state index in [0.717, 1.165) is 55.6 Å². The van der Waals surface area contributed by atoms with Gasteiger partial charge in [-0.25, -0.2) is 4.79 Å². The predicted octanol–water partition coefficient (Wildman–Crippen LogP) is 8.10.